The molecule has 18 rings (SSSR count). The first kappa shape index (κ1) is 82.4. The number of carbonyl (C=O) groups is 6. The van der Waals surface area contributed by atoms with Gasteiger partial charge in [-0.1, -0.05) is 72.8 Å². The van der Waals surface area contributed by atoms with Gasteiger partial charge in [0.25, 0.3) is 17.7 Å². The molecule has 8 amide bonds. The Morgan fingerprint density at radius 1 is 0.364 bits per heavy atom. The predicted molar refractivity (Wildman–Crippen MR) is 453 cm³/mol. The number of amides is 8. The van der Waals surface area contributed by atoms with Crippen LogP contribution < -0.4 is 53.2 Å². The summed E-state index contributed by atoms with van der Waals surface area (Å²) in [5.41, 5.74) is 24.7. The molecule has 6 aromatic heterocycles. The molecular formula is C84H88ClF3N24O9. The van der Waals surface area contributed by atoms with E-state index in [1.54, 1.807) is 71.6 Å². The average Bonchev–Trinajstić information content (AvgIpc) is 1.63. The van der Waals surface area contributed by atoms with Crippen LogP contribution in [0.5, 0.6) is 0 Å². The summed E-state index contributed by atoms with van der Waals surface area (Å²) in [5, 5.41) is 14.3. The number of anilines is 9. The van der Waals surface area contributed by atoms with Crippen LogP contribution in [0.3, 0.4) is 0 Å². The van der Waals surface area contributed by atoms with Gasteiger partial charge < -0.3 is 91.9 Å². The van der Waals surface area contributed by atoms with Crippen LogP contribution in [-0.2, 0) is 14.2 Å². The Balaban J connectivity index is 0.000000135. The third kappa shape index (κ3) is 19.4. The normalized spacial score (nSPS) is 15.7. The van der Waals surface area contributed by atoms with Gasteiger partial charge in [-0.25, -0.2) is 37.7 Å². The predicted octanol–water partition coefficient (Wildman–Crippen LogP) is 9.44. The van der Waals surface area contributed by atoms with Gasteiger partial charge in [0, 0.05) is 187 Å². The maximum Gasteiger partial charge on any atom is 0.320 e. The van der Waals surface area contributed by atoms with E-state index >= 15 is 0 Å². The van der Waals surface area contributed by atoms with Gasteiger partial charge in [-0.3, -0.25) is 32.9 Å². The summed E-state index contributed by atoms with van der Waals surface area (Å²) in [4.78, 5) is 113. The van der Waals surface area contributed by atoms with Crippen LogP contribution in [0.4, 0.5) is 79.5 Å². The highest BCUT2D eigenvalue weighted by molar-refractivity contribution is 6.62. The molecule has 33 nitrogen and oxygen atoms in total. The van der Waals surface area contributed by atoms with Crippen molar-refractivity contribution in [1.29, 1.82) is 0 Å². The van der Waals surface area contributed by atoms with Crippen LogP contribution in [-0.4, -0.2) is 261 Å². The van der Waals surface area contributed by atoms with Crippen LogP contribution >= 0.6 is 11.6 Å². The molecule has 10 N–H and O–H groups in total. The van der Waals surface area contributed by atoms with Crippen molar-refractivity contribution in [3.63, 3.8) is 0 Å². The Bertz CT molecular complexity index is 5530. The smallest absolute Gasteiger partial charge is 0.320 e. The molecule has 6 aromatic carbocycles. The lowest BCUT2D eigenvalue weighted by molar-refractivity contribution is 0.0428. The number of ether oxygens (including phenoxy) is 3. The van der Waals surface area contributed by atoms with Crippen LogP contribution in [0, 0.1) is 17.5 Å². The van der Waals surface area contributed by atoms with Crippen molar-refractivity contribution < 1.29 is 56.1 Å². The van der Waals surface area contributed by atoms with E-state index in [0.717, 1.165) is 78.9 Å². The molecule has 0 saturated carbocycles. The van der Waals surface area contributed by atoms with Crippen molar-refractivity contribution in [2.75, 3.05) is 188 Å². The van der Waals surface area contributed by atoms with E-state index in [1.807, 2.05) is 92.4 Å². The molecule has 0 aliphatic carbocycles. The van der Waals surface area contributed by atoms with E-state index in [1.165, 1.54) is 32.3 Å². The van der Waals surface area contributed by atoms with Gasteiger partial charge in [0.2, 0.25) is 17.8 Å². The molecule has 37 heteroatoms. The molecule has 0 unspecified atom stereocenters. The van der Waals surface area contributed by atoms with Crippen molar-refractivity contribution in [1.82, 2.24) is 73.4 Å². The maximum absolute atomic E-state index is 14.9. The van der Waals surface area contributed by atoms with Crippen molar-refractivity contribution in [2.24, 2.45) is 17.2 Å². The number of benzene rings is 6. The fraction of sp³-hybridized carbons (Fsp3) is 0.286. The van der Waals surface area contributed by atoms with Crippen molar-refractivity contribution in [3.05, 3.63) is 217 Å². The number of nitrogens with two attached hydrogens (primary N) is 3. The van der Waals surface area contributed by atoms with Crippen molar-refractivity contribution in [2.45, 2.75) is 0 Å². The molecule has 12 aromatic rings. The number of aromatic nitrogens is 9. The number of primary amides is 3. The van der Waals surface area contributed by atoms with E-state index in [2.05, 4.69) is 71.9 Å². The summed E-state index contributed by atoms with van der Waals surface area (Å²) in [6, 6.07) is 45.1. The van der Waals surface area contributed by atoms with Gasteiger partial charge >= 0.3 is 17.4 Å². The number of nitrogens with zero attached hydrogens (tertiary/aromatic N) is 17. The molecule has 0 spiro atoms. The highest BCUT2D eigenvalue weighted by Crippen LogP contribution is 2.33. The van der Waals surface area contributed by atoms with Crippen LogP contribution in [0.2, 0.25) is 0 Å². The zero-order chi connectivity index (χ0) is 84.0. The van der Waals surface area contributed by atoms with Crippen molar-refractivity contribution in [3.8, 4) is 17.5 Å². The number of hydrogen-bond acceptors (Lipinski definition) is 22. The number of hydrogen-bond donors (Lipinski definition) is 7. The van der Waals surface area contributed by atoms with E-state index in [9.17, 15) is 41.9 Å². The van der Waals surface area contributed by atoms with E-state index in [-0.39, 0.29) is 63.9 Å². The summed E-state index contributed by atoms with van der Waals surface area (Å²) < 4.78 is 64.8. The lowest BCUT2D eigenvalue weighted by Crippen LogP contribution is -2.54. The largest absolute Gasteiger partial charge is 0.378 e. The SMILES string of the molecule is NC(=O)c1cn(-c2nc(Nc3cccc(N4CCN(C(=O)N5CCOCC5)CC4)c3)ncc2F)c2ccccc12.NC(=O)c1cn(-c2nc(Nc3cccc(N4CCN(C(=O)N5CCOCC5)CC4)c3)ncc2F)c2ccccc12.NC(=O)c1cn(-c2nc(Nc3cccc(N4CCNCC4)c3)ncc2F)c2ccccc12.O=C(Cl)N1CCOCC1. The summed E-state index contributed by atoms with van der Waals surface area (Å²) in [6.07, 6.45) is 7.80. The molecule has 6 saturated heterocycles. The first-order valence-electron chi connectivity index (χ1n) is 39.5. The van der Waals surface area contributed by atoms with E-state index < -0.39 is 35.2 Å². The van der Waals surface area contributed by atoms with E-state index in [0.29, 0.717) is 170 Å². The number of morpholine rings is 3. The van der Waals surface area contributed by atoms with Gasteiger partial charge in [-0.2, -0.15) is 15.0 Å². The highest BCUT2D eigenvalue weighted by Gasteiger charge is 2.30. The topological polar surface area (TPSA) is 374 Å². The molecule has 626 valence electrons. The standard InChI is InChI=1S/2C28H29FN8O3.C23H22FN7O.C5H8ClNO2/c2*29-23-17-31-27(33-26(23)37-18-22(25(30)38)21-6-1-2-7-24(21)37)32-19-4-3-5-20(16-19)34-8-10-35(11-9-34)28(39)36-12-14-40-15-13-36;24-19-13-27-23(28-15-4-3-5-16(12-15)30-10-8-26-9-11-30)29-22(19)31-14-18(21(25)32)17-6-1-2-7-20(17)31;6-5(8)7-1-3-9-4-2-7/h2*1-7,16-18H,8-15H2,(H2,30,38)(H,31,32,33);1-7,12-14,26H,8-11H2,(H2,25,32)(H,27,28,29);1-4H2. The van der Waals surface area contributed by atoms with Crippen LogP contribution in [0.25, 0.3) is 50.2 Å². The number of piperazine rings is 3. The van der Waals surface area contributed by atoms with Crippen LogP contribution in [0.1, 0.15) is 31.1 Å². The Kier molecular flexibility index (Phi) is 25.8. The Morgan fingerprint density at radius 2 is 0.653 bits per heavy atom. The number of nitrogens with one attached hydrogen (secondary N) is 4. The molecular weight excluding hydrogens is 1580 g/mol. The van der Waals surface area contributed by atoms with Gasteiger partial charge in [-0.15, -0.1) is 0 Å². The second-order valence-electron chi connectivity index (χ2n) is 28.8. The molecule has 6 aliphatic heterocycles. The van der Waals surface area contributed by atoms with Gasteiger partial charge in [0.1, 0.15) is 0 Å². The number of urea groups is 2. The Morgan fingerprint density at radius 3 is 0.950 bits per heavy atom. The van der Waals surface area contributed by atoms with Crippen LogP contribution in [0.15, 0.2) is 183 Å². The zero-order valence-electron chi connectivity index (χ0n) is 65.8. The number of rotatable bonds is 15. The summed E-state index contributed by atoms with van der Waals surface area (Å²) in [5.74, 6) is -3.00. The molecule has 0 radical (unpaired) electrons. The van der Waals surface area contributed by atoms with Gasteiger partial charge in [0.05, 0.1) is 91.5 Å². The fourth-order valence-corrected chi connectivity index (χ4v) is 15.2. The Hall–Kier alpha value is -13.7. The average molecular weight is 1670 g/mol. The summed E-state index contributed by atoms with van der Waals surface area (Å²) >= 11 is 5.19. The third-order valence-corrected chi connectivity index (χ3v) is 21.5. The maximum atomic E-state index is 14.9. The summed E-state index contributed by atoms with van der Waals surface area (Å²) in [7, 11) is 0. The lowest BCUT2D eigenvalue weighted by atomic mass is 10.2. The molecule has 6 aliphatic rings. The first-order chi connectivity index (χ1) is 58.9. The quantitative estimate of drug-likeness (QED) is 0.0371. The minimum Gasteiger partial charge on any atom is -0.378 e. The number of para-hydroxylation sites is 3. The highest BCUT2D eigenvalue weighted by atomic mass is 35.5. The van der Waals surface area contributed by atoms with Gasteiger partial charge in [-0.05, 0) is 84.4 Å². The second kappa shape index (κ2) is 37.9. The number of fused-ring (bicyclic) bond motifs is 3. The lowest BCUT2D eigenvalue weighted by Gasteiger charge is -2.39. The van der Waals surface area contributed by atoms with Crippen molar-refractivity contribution >= 4 is 131 Å². The first-order valence-corrected chi connectivity index (χ1v) is 39.8. The molecule has 121 heavy (non-hydrogen) atoms. The van der Waals surface area contributed by atoms with E-state index in [4.69, 9.17) is 43.0 Å². The zero-order valence-corrected chi connectivity index (χ0v) is 66.6. The Labute approximate surface area is 697 Å². The fourth-order valence-electron chi connectivity index (χ4n) is 15.0. The molecule has 0 atom stereocenters. The third-order valence-electron chi connectivity index (χ3n) is 21.2. The minimum absolute atomic E-state index is 0.00147. The molecule has 0 bridgehead atoms. The molecule has 6 fully saturated rings. The monoisotopic (exact) mass is 1670 g/mol. The van der Waals surface area contributed by atoms with Gasteiger partial charge in [0.15, 0.2) is 34.9 Å². The number of halogens is 4. The minimum atomic E-state index is -0.638. The second-order valence-corrected chi connectivity index (χ2v) is 29.1. The summed E-state index contributed by atoms with van der Waals surface area (Å²) in [6.45, 7) is 16.5. The molecule has 12 heterocycles. The number of carbonyl (C=O) groups excluding carboxylic acids is 6.